The van der Waals surface area contributed by atoms with Crippen molar-refractivity contribution in [2.24, 2.45) is 0 Å². The van der Waals surface area contributed by atoms with Gasteiger partial charge in [-0.1, -0.05) is 42.5 Å². The van der Waals surface area contributed by atoms with Crippen molar-refractivity contribution in [3.05, 3.63) is 60.2 Å². The third-order valence-electron chi connectivity index (χ3n) is 5.80. The molecule has 2 aliphatic heterocycles. The van der Waals surface area contributed by atoms with Crippen LogP contribution in [0.5, 0.6) is 0 Å². The van der Waals surface area contributed by atoms with Crippen LogP contribution in [0.2, 0.25) is 0 Å². The molecule has 1 amide bonds. The zero-order valence-corrected chi connectivity index (χ0v) is 15.8. The fourth-order valence-corrected chi connectivity index (χ4v) is 4.39. The van der Waals surface area contributed by atoms with Gasteiger partial charge in [-0.2, -0.15) is 0 Å². The molecule has 2 heterocycles. The van der Waals surface area contributed by atoms with Crippen LogP contribution in [0.15, 0.2) is 54.6 Å². The second-order valence-corrected chi connectivity index (χ2v) is 7.98. The van der Waals surface area contributed by atoms with E-state index in [1.54, 1.807) is 0 Å². The number of nitrogens with zero attached hydrogens (tertiary/aromatic N) is 2. The van der Waals surface area contributed by atoms with Crippen LogP contribution in [0, 0.1) is 0 Å². The van der Waals surface area contributed by atoms with Crippen molar-refractivity contribution < 1.29 is 9.90 Å². The molecular weight excluding hydrogens is 336 g/mol. The Bertz CT molecular complexity index is 769. The number of amides is 1. The summed E-state index contributed by atoms with van der Waals surface area (Å²) < 4.78 is 0. The highest BCUT2D eigenvalue weighted by atomic mass is 16.3. The standard InChI is InChI=1S/C23H28N2O2/c26-22(21-11-9-20(10-12-21)19-7-2-1-3-8-19)25-16-6-13-23(27,18-25)17-24-14-4-5-15-24/h1-3,7-12,27H,4-6,13-18H2/t23-/m1/s1. The van der Waals surface area contributed by atoms with Gasteiger partial charge in [-0.15, -0.1) is 0 Å². The van der Waals surface area contributed by atoms with Crippen LogP contribution in [0.4, 0.5) is 0 Å². The summed E-state index contributed by atoms with van der Waals surface area (Å²) in [5, 5.41) is 11.1. The summed E-state index contributed by atoms with van der Waals surface area (Å²) in [6, 6.07) is 18.0. The van der Waals surface area contributed by atoms with E-state index in [1.807, 2.05) is 47.4 Å². The SMILES string of the molecule is O=C(c1ccc(-c2ccccc2)cc1)N1CCC[C@@](O)(CN2CCCC2)C1. The van der Waals surface area contributed by atoms with Gasteiger partial charge in [0, 0.05) is 18.7 Å². The van der Waals surface area contributed by atoms with Crippen molar-refractivity contribution >= 4 is 5.91 Å². The first kappa shape index (κ1) is 18.2. The summed E-state index contributed by atoms with van der Waals surface area (Å²) in [4.78, 5) is 17.1. The minimum atomic E-state index is -0.776. The molecule has 4 nitrogen and oxygen atoms in total. The van der Waals surface area contributed by atoms with Crippen molar-refractivity contribution in [3.8, 4) is 11.1 Å². The lowest BCUT2D eigenvalue weighted by Gasteiger charge is -2.41. The first-order chi connectivity index (χ1) is 13.1. The molecule has 0 saturated carbocycles. The van der Waals surface area contributed by atoms with Crippen LogP contribution < -0.4 is 0 Å². The highest BCUT2D eigenvalue weighted by molar-refractivity contribution is 5.94. The molecule has 1 atom stereocenters. The van der Waals surface area contributed by atoms with E-state index < -0.39 is 5.60 Å². The monoisotopic (exact) mass is 364 g/mol. The largest absolute Gasteiger partial charge is 0.387 e. The Kier molecular flexibility index (Phi) is 5.28. The molecule has 1 N–H and O–H groups in total. The summed E-state index contributed by atoms with van der Waals surface area (Å²) in [5.41, 5.74) is 2.17. The maximum atomic E-state index is 13.0. The van der Waals surface area contributed by atoms with Crippen LogP contribution in [0.25, 0.3) is 11.1 Å². The van der Waals surface area contributed by atoms with E-state index in [-0.39, 0.29) is 5.91 Å². The maximum absolute atomic E-state index is 13.0. The number of aliphatic hydroxyl groups is 1. The molecule has 4 rings (SSSR count). The lowest BCUT2D eigenvalue weighted by Crippen LogP contribution is -2.55. The maximum Gasteiger partial charge on any atom is 0.253 e. The first-order valence-electron chi connectivity index (χ1n) is 10.0. The molecule has 2 fully saturated rings. The van der Waals surface area contributed by atoms with Crippen molar-refractivity contribution in [3.63, 3.8) is 0 Å². The number of hydrogen-bond acceptors (Lipinski definition) is 3. The Labute approximate surface area is 161 Å². The second kappa shape index (κ2) is 7.83. The average molecular weight is 364 g/mol. The van der Waals surface area contributed by atoms with Gasteiger partial charge < -0.3 is 14.9 Å². The molecule has 0 unspecified atom stereocenters. The molecule has 2 aliphatic rings. The second-order valence-electron chi connectivity index (χ2n) is 7.98. The molecule has 0 aliphatic carbocycles. The number of rotatable bonds is 4. The highest BCUT2D eigenvalue weighted by Crippen LogP contribution is 2.26. The molecule has 0 aromatic heterocycles. The number of piperidine rings is 1. The van der Waals surface area contributed by atoms with Crippen molar-refractivity contribution in [2.45, 2.75) is 31.3 Å². The topological polar surface area (TPSA) is 43.8 Å². The Morgan fingerprint density at radius 2 is 1.56 bits per heavy atom. The van der Waals surface area contributed by atoms with Crippen LogP contribution in [-0.4, -0.2) is 59.1 Å². The Balaban J connectivity index is 1.44. The van der Waals surface area contributed by atoms with Crippen LogP contribution >= 0.6 is 0 Å². The van der Waals surface area contributed by atoms with Gasteiger partial charge in [0.15, 0.2) is 0 Å². The van der Waals surface area contributed by atoms with Gasteiger partial charge >= 0.3 is 0 Å². The predicted molar refractivity (Wildman–Crippen MR) is 108 cm³/mol. The number of hydrogen-bond donors (Lipinski definition) is 1. The normalized spacial score (nSPS) is 23.5. The van der Waals surface area contributed by atoms with E-state index in [0.29, 0.717) is 18.7 Å². The van der Waals surface area contributed by atoms with E-state index in [0.717, 1.165) is 43.6 Å². The molecule has 27 heavy (non-hydrogen) atoms. The molecule has 0 radical (unpaired) electrons. The molecule has 2 aromatic rings. The zero-order valence-electron chi connectivity index (χ0n) is 15.8. The quantitative estimate of drug-likeness (QED) is 0.904. The van der Waals surface area contributed by atoms with Gasteiger partial charge in [-0.25, -0.2) is 0 Å². The fraction of sp³-hybridized carbons (Fsp3) is 0.435. The Hall–Kier alpha value is -2.17. The lowest BCUT2D eigenvalue weighted by molar-refractivity contribution is -0.0431. The van der Waals surface area contributed by atoms with E-state index in [4.69, 9.17) is 0 Å². The molecule has 2 aromatic carbocycles. The lowest BCUT2D eigenvalue weighted by atomic mass is 9.91. The number of benzene rings is 2. The molecule has 0 spiro atoms. The van der Waals surface area contributed by atoms with Gasteiger partial charge in [0.25, 0.3) is 5.91 Å². The number of likely N-dealkylation sites (tertiary alicyclic amines) is 2. The van der Waals surface area contributed by atoms with Crippen molar-refractivity contribution in [1.29, 1.82) is 0 Å². The van der Waals surface area contributed by atoms with Crippen molar-refractivity contribution in [2.75, 3.05) is 32.7 Å². The van der Waals surface area contributed by atoms with Gasteiger partial charge in [-0.05, 0) is 62.0 Å². The molecular formula is C23H28N2O2. The fourth-order valence-electron chi connectivity index (χ4n) is 4.39. The number of carbonyl (C=O) groups is 1. The molecule has 4 heteroatoms. The summed E-state index contributed by atoms with van der Waals surface area (Å²) in [6.45, 7) is 3.97. The average Bonchev–Trinajstić information content (AvgIpc) is 3.20. The summed E-state index contributed by atoms with van der Waals surface area (Å²) >= 11 is 0. The van der Waals surface area contributed by atoms with E-state index >= 15 is 0 Å². The third-order valence-corrected chi connectivity index (χ3v) is 5.80. The highest BCUT2D eigenvalue weighted by Gasteiger charge is 2.37. The Morgan fingerprint density at radius 3 is 2.26 bits per heavy atom. The molecule has 142 valence electrons. The number of β-amino-alcohol motifs (C(OH)–C–C–N with tert-alkyl or cyclic N) is 1. The zero-order chi connectivity index (χ0) is 18.7. The summed E-state index contributed by atoms with van der Waals surface area (Å²) in [7, 11) is 0. The van der Waals surface area contributed by atoms with Crippen LogP contribution in [0.3, 0.4) is 0 Å². The van der Waals surface area contributed by atoms with Crippen LogP contribution in [-0.2, 0) is 0 Å². The first-order valence-corrected chi connectivity index (χ1v) is 10.0. The van der Waals surface area contributed by atoms with Crippen molar-refractivity contribution in [1.82, 2.24) is 9.80 Å². The smallest absolute Gasteiger partial charge is 0.253 e. The van der Waals surface area contributed by atoms with Crippen LogP contribution in [0.1, 0.15) is 36.0 Å². The van der Waals surface area contributed by atoms with Gasteiger partial charge in [0.05, 0.1) is 12.1 Å². The van der Waals surface area contributed by atoms with Gasteiger partial charge in [-0.3, -0.25) is 4.79 Å². The minimum absolute atomic E-state index is 0.0224. The summed E-state index contributed by atoms with van der Waals surface area (Å²) in [5.74, 6) is 0.0224. The third kappa shape index (κ3) is 4.23. The Morgan fingerprint density at radius 1 is 0.889 bits per heavy atom. The van der Waals surface area contributed by atoms with E-state index in [1.165, 1.54) is 12.8 Å². The molecule has 0 bridgehead atoms. The van der Waals surface area contributed by atoms with E-state index in [2.05, 4.69) is 17.0 Å². The predicted octanol–water partition coefficient (Wildman–Crippen LogP) is 3.42. The minimum Gasteiger partial charge on any atom is -0.387 e. The van der Waals surface area contributed by atoms with E-state index in [9.17, 15) is 9.90 Å². The molecule has 2 saturated heterocycles. The number of carbonyl (C=O) groups excluding carboxylic acids is 1. The van der Waals surface area contributed by atoms with Gasteiger partial charge in [0.1, 0.15) is 0 Å². The summed E-state index contributed by atoms with van der Waals surface area (Å²) in [6.07, 6.45) is 4.07. The van der Waals surface area contributed by atoms with Gasteiger partial charge in [0.2, 0.25) is 0 Å².